The van der Waals surface area contributed by atoms with Crippen molar-refractivity contribution < 1.29 is 23.8 Å². The van der Waals surface area contributed by atoms with Crippen LogP contribution >= 0.6 is 0 Å². The van der Waals surface area contributed by atoms with Crippen molar-refractivity contribution in [3.8, 4) is 11.5 Å². The number of pyridine rings is 1. The van der Waals surface area contributed by atoms with E-state index in [9.17, 15) is 9.59 Å². The molecule has 5 rings (SSSR count). The molecule has 2 aromatic carbocycles. The molecule has 1 aromatic heterocycles. The third kappa shape index (κ3) is 4.65. The molecule has 7 heteroatoms. The average Bonchev–Trinajstić information content (AvgIpc) is 3.31. The van der Waals surface area contributed by atoms with Gasteiger partial charge in [-0.3, -0.25) is 4.79 Å². The third-order valence-corrected chi connectivity index (χ3v) is 6.89. The second-order valence-electron chi connectivity index (χ2n) is 9.09. The standard InChI is InChI=1S/C29H30N2O5/c1-34-24-13-12-19(18-25(24)35-2)17-20-7-5-9-22-27(21-8-3-4-10-23(21)30-28(20)22)29(33)36-16-15-31-14-6-11-26(31)32/h3-4,8,10,12-13,17-18H,5-7,9,11,14-16H2,1-2H3. The van der Waals surface area contributed by atoms with Crippen molar-refractivity contribution in [3.05, 3.63) is 64.8 Å². The monoisotopic (exact) mass is 486 g/mol. The van der Waals surface area contributed by atoms with E-state index in [0.717, 1.165) is 65.5 Å². The van der Waals surface area contributed by atoms with Gasteiger partial charge in [0.2, 0.25) is 5.91 Å². The smallest absolute Gasteiger partial charge is 0.339 e. The van der Waals surface area contributed by atoms with Crippen LogP contribution in [-0.4, -0.2) is 55.7 Å². The highest BCUT2D eigenvalue weighted by Crippen LogP contribution is 2.37. The first-order valence-electron chi connectivity index (χ1n) is 12.4. The van der Waals surface area contributed by atoms with E-state index in [1.807, 2.05) is 42.5 Å². The average molecular weight is 487 g/mol. The van der Waals surface area contributed by atoms with Gasteiger partial charge in [-0.05, 0) is 66.7 Å². The van der Waals surface area contributed by atoms with E-state index in [-0.39, 0.29) is 18.5 Å². The van der Waals surface area contributed by atoms with Gasteiger partial charge in [0, 0.05) is 18.4 Å². The van der Waals surface area contributed by atoms with Gasteiger partial charge >= 0.3 is 5.97 Å². The molecule has 0 N–H and O–H groups in total. The van der Waals surface area contributed by atoms with Crippen molar-refractivity contribution in [2.75, 3.05) is 33.9 Å². The number of likely N-dealkylation sites (tertiary alicyclic amines) is 1. The lowest BCUT2D eigenvalue weighted by Crippen LogP contribution is -2.29. The molecule has 0 spiro atoms. The highest BCUT2D eigenvalue weighted by molar-refractivity contribution is 6.06. The van der Waals surface area contributed by atoms with Crippen LogP contribution in [0.3, 0.4) is 0 Å². The van der Waals surface area contributed by atoms with Crippen molar-refractivity contribution in [3.63, 3.8) is 0 Å². The molecule has 7 nitrogen and oxygen atoms in total. The Morgan fingerprint density at radius 1 is 1.03 bits per heavy atom. The van der Waals surface area contributed by atoms with E-state index >= 15 is 0 Å². The van der Waals surface area contributed by atoms with E-state index in [1.165, 1.54) is 0 Å². The van der Waals surface area contributed by atoms with E-state index in [4.69, 9.17) is 19.2 Å². The molecule has 1 saturated heterocycles. The van der Waals surface area contributed by atoms with Gasteiger partial charge in [-0.25, -0.2) is 9.78 Å². The first-order chi connectivity index (χ1) is 17.6. The molecule has 0 saturated carbocycles. The van der Waals surface area contributed by atoms with Gasteiger partial charge in [0.25, 0.3) is 0 Å². The minimum atomic E-state index is -0.358. The van der Waals surface area contributed by atoms with E-state index in [1.54, 1.807) is 19.1 Å². The molecule has 1 amide bonds. The van der Waals surface area contributed by atoms with Crippen molar-refractivity contribution in [2.45, 2.75) is 32.1 Å². The van der Waals surface area contributed by atoms with Crippen LogP contribution in [-0.2, 0) is 16.0 Å². The fraction of sp³-hybridized carbons (Fsp3) is 0.345. The number of rotatable bonds is 7. The first kappa shape index (κ1) is 23.9. The lowest BCUT2D eigenvalue weighted by atomic mass is 9.86. The molecule has 2 heterocycles. The second-order valence-corrected chi connectivity index (χ2v) is 9.09. The van der Waals surface area contributed by atoms with Crippen LogP contribution in [0.5, 0.6) is 11.5 Å². The Hall–Kier alpha value is -3.87. The molecule has 0 atom stereocenters. The van der Waals surface area contributed by atoms with Crippen LogP contribution in [0.25, 0.3) is 22.6 Å². The summed E-state index contributed by atoms with van der Waals surface area (Å²) in [6.45, 7) is 1.35. The van der Waals surface area contributed by atoms with Gasteiger partial charge in [-0.15, -0.1) is 0 Å². The molecule has 3 aromatic rings. The summed E-state index contributed by atoms with van der Waals surface area (Å²) >= 11 is 0. The summed E-state index contributed by atoms with van der Waals surface area (Å²) in [5.41, 5.74) is 5.17. The molecular formula is C29H30N2O5. The topological polar surface area (TPSA) is 78.0 Å². The van der Waals surface area contributed by atoms with Gasteiger partial charge in [0.15, 0.2) is 11.5 Å². The molecule has 1 fully saturated rings. The highest BCUT2D eigenvalue weighted by Gasteiger charge is 2.27. The Morgan fingerprint density at radius 3 is 2.64 bits per heavy atom. The maximum absolute atomic E-state index is 13.4. The molecule has 1 aliphatic carbocycles. The van der Waals surface area contributed by atoms with E-state index < -0.39 is 0 Å². The summed E-state index contributed by atoms with van der Waals surface area (Å²) < 4.78 is 16.5. The van der Waals surface area contributed by atoms with Crippen LogP contribution in [0.15, 0.2) is 42.5 Å². The van der Waals surface area contributed by atoms with Crippen LogP contribution in [0, 0.1) is 0 Å². The number of nitrogens with zero attached hydrogens (tertiary/aromatic N) is 2. The molecule has 36 heavy (non-hydrogen) atoms. The zero-order chi connectivity index (χ0) is 25.1. The number of fused-ring (bicyclic) bond motifs is 2. The number of amides is 1. The highest BCUT2D eigenvalue weighted by atomic mass is 16.5. The predicted molar refractivity (Wildman–Crippen MR) is 138 cm³/mol. The van der Waals surface area contributed by atoms with Crippen LogP contribution < -0.4 is 9.47 Å². The Kier molecular flexibility index (Phi) is 6.89. The fourth-order valence-electron chi connectivity index (χ4n) is 5.11. The number of para-hydroxylation sites is 1. The Labute approximate surface area is 210 Å². The molecule has 186 valence electrons. The van der Waals surface area contributed by atoms with E-state index in [0.29, 0.717) is 30.0 Å². The lowest BCUT2D eigenvalue weighted by molar-refractivity contribution is -0.128. The summed E-state index contributed by atoms with van der Waals surface area (Å²) in [5.74, 6) is 1.11. The largest absolute Gasteiger partial charge is 0.493 e. The van der Waals surface area contributed by atoms with Crippen molar-refractivity contribution in [2.24, 2.45) is 0 Å². The zero-order valence-corrected chi connectivity index (χ0v) is 20.7. The summed E-state index contributed by atoms with van der Waals surface area (Å²) in [4.78, 5) is 32.0. The number of hydrogen-bond acceptors (Lipinski definition) is 6. The van der Waals surface area contributed by atoms with Gasteiger partial charge in [0.05, 0.1) is 37.5 Å². The number of ether oxygens (including phenoxy) is 3. The minimum Gasteiger partial charge on any atom is -0.493 e. The Morgan fingerprint density at radius 2 is 1.86 bits per heavy atom. The number of carbonyl (C=O) groups is 2. The summed E-state index contributed by atoms with van der Waals surface area (Å²) in [7, 11) is 3.24. The number of benzene rings is 2. The number of methoxy groups -OCH3 is 2. The van der Waals surface area contributed by atoms with Gasteiger partial charge < -0.3 is 19.1 Å². The lowest BCUT2D eigenvalue weighted by Gasteiger charge is -2.23. The van der Waals surface area contributed by atoms with Crippen LogP contribution in [0.4, 0.5) is 0 Å². The van der Waals surface area contributed by atoms with Crippen LogP contribution in [0.1, 0.15) is 52.9 Å². The second kappa shape index (κ2) is 10.4. The van der Waals surface area contributed by atoms with E-state index in [2.05, 4.69) is 6.08 Å². The summed E-state index contributed by atoms with van der Waals surface area (Å²) in [5, 5.41) is 0.797. The minimum absolute atomic E-state index is 0.128. The first-order valence-corrected chi connectivity index (χ1v) is 12.4. The maximum atomic E-state index is 13.4. The summed E-state index contributed by atoms with van der Waals surface area (Å²) in [6.07, 6.45) is 6.07. The predicted octanol–water partition coefficient (Wildman–Crippen LogP) is 4.91. The fourth-order valence-corrected chi connectivity index (χ4v) is 5.11. The molecular weight excluding hydrogens is 456 g/mol. The molecule has 0 bridgehead atoms. The van der Waals surface area contributed by atoms with Gasteiger partial charge in [-0.1, -0.05) is 24.3 Å². The maximum Gasteiger partial charge on any atom is 0.339 e. The van der Waals surface area contributed by atoms with Gasteiger partial charge in [-0.2, -0.15) is 0 Å². The molecule has 1 aliphatic heterocycles. The Balaban J connectivity index is 1.50. The molecule has 2 aliphatic rings. The molecule has 0 radical (unpaired) electrons. The quantitative estimate of drug-likeness (QED) is 0.442. The SMILES string of the molecule is COc1ccc(C=C2CCCc3c2nc2ccccc2c3C(=O)OCCN2CCCC2=O)cc1OC. The number of carbonyl (C=O) groups excluding carboxylic acids is 2. The van der Waals surface area contributed by atoms with Crippen molar-refractivity contribution >= 4 is 34.4 Å². The normalized spacial score (nSPS) is 16.3. The van der Waals surface area contributed by atoms with Gasteiger partial charge in [0.1, 0.15) is 6.61 Å². The zero-order valence-electron chi connectivity index (χ0n) is 20.7. The summed E-state index contributed by atoms with van der Waals surface area (Å²) in [6, 6.07) is 13.5. The molecule has 0 unspecified atom stereocenters. The third-order valence-electron chi connectivity index (χ3n) is 6.89. The van der Waals surface area contributed by atoms with Crippen molar-refractivity contribution in [1.29, 1.82) is 0 Å². The van der Waals surface area contributed by atoms with Crippen LogP contribution in [0.2, 0.25) is 0 Å². The number of allylic oxidation sites excluding steroid dienone is 1. The number of aromatic nitrogens is 1. The number of esters is 1. The van der Waals surface area contributed by atoms with Crippen molar-refractivity contribution in [1.82, 2.24) is 9.88 Å². The Bertz CT molecular complexity index is 1350. The number of hydrogen-bond donors (Lipinski definition) is 0.